The standard InChI is InChI=1S/C20H21ClN2O/c1-15-6-4-7-16(12-15)13-22-20(24)18-14-23(11-5-10-21)19-9-3-2-8-17(18)19/h2-4,6-9,12,14H,5,10-11,13H2,1H3,(H,22,24). The Morgan fingerprint density at radius 2 is 2.00 bits per heavy atom. The van der Waals surface area contributed by atoms with Crippen LogP contribution in [0.5, 0.6) is 0 Å². The number of aryl methyl sites for hydroxylation is 2. The van der Waals surface area contributed by atoms with Crippen molar-refractivity contribution < 1.29 is 4.79 Å². The van der Waals surface area contributed by atoms with Gasteiger partial charge in [-0.1, -0.05) is 48.0 Å². The van der Waals surface area contributed by atoms with Crippen molar-refractivity contribution in [3.05, 3.63) is 71.4 Å². The van der Waals surface area contributed by atoms with Gasteiger partial charge in [-0.25, -0.2) is 0 Å². The van der Waals surface area contributed by atoms with Crippen LogP contribution in [0, 0.1) is 6.92 Å². The third-order valence-electron chi connectivity index (χ3n) is 4.10. The Kier molecular flexibility index (Phi) is 5.21. The highest BCUT2D eigenvalue weighted by Gasteiger charge is 2.14. The van der Waals surface area contributed by atoms with E-state index in [4.69, 9.17) is 11.6 Å². The van der Waals surface area contributed by atoms with Crippen LogP contribution < -0.4 is 5.32 Å². The lowest BCUT2D eigenvalue weighted by Gasteiger charge is -2.05. The number of carbonyl (C=O) groups is 1. The number of rotatable bonds is 6. The summed E-state index contributed by atoms with van der Waals surface area (Å²) in [7, 11) is 0. The van der Waals surface area contributed by atoms with Gasteiger partial charge in [0.2, 0.25) is 0 Å². The summed E-state index contributed by atoms with van der Waals surface area (Å²) in [6, 6.07) is 16.2. The Labute approximate surface area is 147 Å². The first-order chi connectivity index (χ1) is 11.7. The van der Waals surface area contributed by atoms with Crippen molar-refractivity contribution in [2.75, 3.05) is 5.88 Å². The molecule has 0 fully saturated rings. The third-order valence-corrected chi connectivity index (χ3v) is 4.37. The Balaban J connectivity index is 1.81. The van der Waals surface area contributed by atoms with Crippen molar-refractivity contribution >= 4 is 28.4 Å². The second-order valence-corrected chi connectivity index (χ2v) is 6.35. The molecule has 0 aliphatic heterocycles. The number of para-hydroxylation sites is 1. The number of nitrogens with one attached hydrogen (secondary N) is 1. The van der Waals surface area contributed by atoms with Gasteiger partial charge in [0.25, 0.3) is 5.91 Å². The molecule has 1 amide bonds. The van der Waals surface area contributed by atoms with Gasteiger partial charge in [0.05, 0.1) is 5.56 Å². The van der Waals surface area contributed by atoms with Crippen molar-refractivity contribution in [2.24, 2.45) is 0 Å². The fourth-order valence-electron chi connectivity index (χ4n) is 2.94. The fourth-order valence-corrected chi connectivity index (χ4v) is 3.06. The molecule has 0 saturated heterocycles. The molecule has 1 aromatic heterocycles. The quantitative estimate of drug-likeness (QED) is 0.658. The first-order valence-corrected chi connectivity index (χ1v) is 8.70. The molecular weight excluding hydrogens is 320 g/mol. The molecule has 0 aliphatic carbocycles. The second-order valence-electron chi connectivity index (χ2n) is 5.97. The van der Waals surface area contributed by atoms with Crippen LogP contribution in [-0.2, 0) is 13.1 Å². The van der Waals surface area contributed by atoms with Crippen LogP contribution in [-0.4, -0.2) is 16.4 Å². The van der Waals surface area contributed by atoms with E-state index in [0.29, 0.717) is 18.0 Å². The van der Waals surface area contributed by atoms with E-state index in [-0.39, 0.29) is 5.91 Å². The van der Waals surface area contributed by atoms with Crippen LogP contribution in [0.2, 0.25) is 0 Å². The van der Waals surface area contributed by atoms with Crippen molar-refractivity contribution in [3.8, 4) is 0 Å². The second kappa shape index (κ2) is 7.54. The molecule has 0 atom stereocenters. The lowest BCUT2D eigenvalue weighted by atomic mass is 10.1. The Morgan fingerprint density at radius 3 is 2.79 bits per heavy atom. The molecule has 0 aliphatic rings. The number of hydrogen-bond donors (Lipinski definition) is 1. The maximum absolute atomic E-state index is 12.7. The lowest BCUT2D eigenvalue weighted by Crippen LogP contribution is -2.22. The summed E-state index contributed by atoms with van der Waals surface area (Å²) in [6.45, 7) is 3.40. The molecule has 0 bridgehead atoms. The van der Waals surface area contributed by atoms with Crippen LogP contribution >= 0.6 is 11.6 Å². The van der Waals surface area contributed by atoms with E-state index in [2.05, 4.69) is 28.9 Å². The summed E-state index contributed by atoms with van der Waals surface area (Å²) >= 11 is 5.81. The maximum Gasteiger partial charge on any atom is 0.253 e. The number of carbonyl (C=O) groups excluding carboxylic acids is 1. The molecule has 0 saturated carbocycles. The normalized spacial score (nSPS) is 10.9. The molecule has 1 N–H and O–H groups in total. The number of benzene rings is 2. The molecule has 3 rings (SSSR count). The van der Waals surface area contributed by atoms with Gasteiger partial charge in [0.1, 0.15) is 0 Å². The highest BCUT2D eigenvalue weighted by Crippen LogP contribution is 2.22. The first kappa shape index (κ1) is 16.6. The van der Waals surface area contributed by atoms with Crippen molar-refractivity contribution in [1.82, 2.24) is 9.88 Å². The van der Waals surface area contributed by atoms with Gasteiger partial charge in [0, 0.05) is 36.1 Å². The molecule has 124 valence electrons. The highest BCUT2D eigenvalue weighted by molar-refractivity contribution is 6.17. The van der Waals surface area contributed by atoms with Gasteiger partial charge < -0.3 is 9.88 Å². The zero-order chi connectivity index (χ0) is 16.9. The summed E-state index contributed by atoms with van der Waals surface area (Å²) < 4.78 is 2.11. The number of amides is 1. The van der Waals surface area contributed by atoms with E-state index in [1.807, 2.05) is 42.6 Å². The van der Waals surface area contributed by atoms with Crippen molar-refractivity contribution in [2.45, 2.75) is 26.4 Å². The van der Waals surface area contributed by atoms with E-state index in [9.17, 15) is 4.79 Å². The predicted octanol–water partition coefficient (Wildman–Crippen LogP) is 4.51. The van der Waals surface area contributed by atoms with Crippen LogP contribution in [0.15, 0.2) is 54.7 Å². The fraction of sp³-hybridized carbons (Fsp3) is 0.250. The number of fused-ring (bicyclic) bond motifs is 1. The summed E-state index contributed by atoms with van der Waals surface area (Å²) in [6.07, 6.45) is 2.81. The molecule has 1 heterocycles. The number of aromatic nitrogens is 1. The number of alkyl halides is 1. The van der Waals surface area contributed by atoms with Gasteiger partial charge in [-0.3, -0.25) is 4.79 Å². The zero-order valence-electron chi connectivity index (χ0n) is 13.8. The van der Waals surface area contributed by atoms with Gasteiger partial charge in [-0.15, -0.1) is 11.6 Å². The SMILES string of the molecule is Cc1cccc(CNC(=O)c2cn(CCCCl)c3ccccc23)c1. The van der Waals surface area contributed by atoms with E-state index in [1.54, 1.807) is 0 Å². The predicted molar refractivity (Wildman–Crippen MR) is 99.6 cm³/mol. The molecular formula is C20H21ClN2O. The minimum absolute atomic E-state index is 0.0441. The van der Waals surface area contributed by atoms with Gasteiger partial charge >= 0.3 is 0 Å². The Bertz CT molecular complexity index is 854. The molecule has 4 heteroatoms. The lowest BCUT2D eigenvalue weighted by molar-refractivity contribution is 0.0952. The zero-order valence-corrected chi connectivity index (χ0v) is 14.5. The van der Waals surface area contributed by atoms with Crippen molar-refractivity contribution in [3.63, 3.8) is 0 Å². The van der Waals surface area contributed by atoms with Crippen molar-refractivity contribution in [1.29, 1.82) is 0 Å². The summed E-state index contributed by atoms with van der Waals surface area (Å²) in [4.78, 5) is 12.7. The first-order valence-electron chi connectivity index (χ1n) is 8.16. The van der Waals surface area contributed by atoms with Crippen LogP contribution in [0.4, 0.5) is 0 Å². The number of hydrogen-bond acceptors (Lipinski definition) is 1. The number of nitrogens with zero attached hydrogens (tertiary/aromatic N) is 1. The smallest absolute Gasteiger partial charge is 0.253 e. The summed E-state index contributed by atoms with van der Waals surface area (Å²) in [5, 5.41) is 4.01. The largest absolute Gasteiger partial charge is 0.348 e. The van der Waals surface area contributed by atoms with Gasteiger partial charge in [0.15, 0.2) is 0 Å². The minimum atomic E-state index is -0.0441. The van der Waals surface area contributed by atoms with E-state index in [1.165, 1.54) is 5.56 Å². The van der Waals surface area contributed by atoms with E-state index >= 15 is 0 Å². The van der Waals surface area contributed by atoms with Gasteiger partial charge in [-0.2, -0.15) is 0 Å². The topological polar surface area (TPSA) is 34.0 Å². The Hall–Kier alpha value is -2.26. The minimum Gasteiger partial charge on any atom is -0.348 e. The molecule has 0 spiro atoms. The number of halogens is 1. The average molecular weight is 341 g/mol. The molecule has 3 aromatic rings. The summed E-state index contributed by atoms with van der Waals surface area (Å²) in [5.74, 6) is 0.568. The van der Waals surface area contributed by atoms with E-state index in [0.717, 1.165) is 29.4 Å². The van der Waals surface area contributed by atoms with E-state index < -0.39 is 0 Å². The monoisotopic (exact) mass is 340 g/mol. The average Bonchev–Trinajstić information content (AvgIpc) is 2.97. The highest BCUT2D eigenvalue weighted by atomic mass is 35.5. The maximum atomic E-state index is 12.7. The van der Waals surface area contributed by atoms with Crippen LogP contribution in [0.25, 0.3) is 10.9 Å². The molecule has 3 nitrogen and oxygen atoms in total. The molecule has 2 aromatic carbocycles. The third kappa shape index (κ3) is 3.62. The van der Waals surface area contributed by atoms with Crippen LogP contribution in [0.1, 0.15) is 27.9 Å². The summed E-state index contributed by atoms with van der Waals surface area (Å²) in [5.41, 5.74) is 4.09. The molecule has 0 radical (unpaired) electrons. The Morgan fingerprint density at radius 1 is 1.17 bits per heavy atom. The van der Waals surface area contributed by atoms with Crippen LogP contribution in [0.3, 0.4) is 0 Å². The van der Waals surface area contributed by atoms with Gasteiger partial charge in [-0.05, 0) is 25.0 Å². The molecule has 0 unspecified atom stereocenters. The molecule has 24 heavy (non-hydrogen) atoms.